The Hall–Kier alpha value is -0.950. The van der Waals surface area contributed by atoms with Crippen molar-refractivity contribution in [3.05, 3.63) is 35.9 Å². The Morgan fingerprint density at radius 2 is 1.71 bits per heavy atom. The molecule has 1 rings (SSSR count). The van der Waals surface area contributed by atoms with E-state index in [2.05, 4.69) is 21.8 Å². The van der Waals surface area contributed by atoms with Gasteiger partial charge in [0.2, 0.25) is 0 Å². The van der Waals surface area contributed by atoms with Crippen LogP contribution in [0.1, 0.15) is 25.8 Å². The summed E-state index contributed by atoms with van der Waals surface area (Å²) in [5.41, 5.74) is 1.27. The molecule has 0 fully saturated rings. The summed E-state index contributed by atoms with van der Waals surface area (Å²) in [5.74, 6) is 0. The van der Waals surface area contributed by atoms with Crippen LogP contribution in [0.5, 0.6) is 0 Å². The third kappa shape index (κ3) is 6.56. The van der Waals surface area contributed by atoms with Crippen molar-refractivity contribution in [3.63, 3.8) is 0 Å². The summed E-state index contributed by atoms with van der Waals surface area (Å²) < 4.78 is 27.9. The lowest BCUT2D eigenvalue weighted by Gasteiger charge is -2.20. The summed E-state index contributed by atoms with van der Waals surface area (Å²) in [7, 11) is -1.27. The number of benzene rings is 1. The molecule has 0 spiro atoms. The zero-order valence-electron chi connectivity index (χ0n) is 13.2. The van der Waals surface area contributed by atoms with Gasteiger partial charge in [0.25, 0.3) is 10.2 Å². The Morgan fingerprint density at radius 3 is 2.29 bits per heavy atom. The molecule has 0 amide bonds. The topological polar surface area (TPSA) is 52.7 Å². The summed E-state index contributed by atoms with van der Waals surface area (Å²) in [6, 6.07) is 10.3. The first-order valence-electron chi connectivity index (χ1n) is 7.46. The minimum Gasteiger partial charge on any atom is -0.302 e. The van der Waals surface area contributed by atoms with Gasteiger partial charge >= 0.3 is 0 Å². The fourth-order valence-electron chi connectivity index (χ4n) is 2.18. The molecule has 0 heterocycles. The van der Waals surface area contributed by atoms with Crippen molar-refractivity contribution < 1.29 is 8.42 Å². The molecule has 0 atom stereocenters. The zero-order valence-corrected chi connectivity index (χ0v) is 14.1. The van der Waals surface area contributed by atoms with Gasteiger partial charge in [0.1, 0.15) is 0 Å². The summed E-state index contributed by atoms with van der Waals surface area (Å²) in [4.78, 5) is 2.20. The van der Waals surface area contributed by atoms with Gasteiger partial charge in [-0.2, -0.15) is 12.7 Å². The molecule has 5 nitrogen and oxygen atoms in total. The Bertz CT molecular complexity index is 487. The number of hydrogen-bond donors (Lipinski definition) is 1. The van der Waals surface area contributed by atoms with Gasteiger partial charge in [0.15, 0.2) is 0 Å². The van der Waals surface area contributed by atoms with Crippen molar-refractivity contribution in [2.75, 3.05) is 33.2 Å². The fourth-order valence-corrected chi connectivity index (χ4v) is 3.44. The average molecular weight is 313 g/mol. The lowest BCUT2D eigenvalue weighted by molar-refractivity contribution is 0.321. The molecule has 0 bridgehead atoms. The van der Waals surface area contributed by atoms with E-state index in [0.29, 0.717) is 19.6 Å². The number of rotatable bonds is 10. The maximum absolute atomic E-state index is 11.9. The molecular weight excluding hydrogens is 286 g/mol. The first-order valence-corrected chi connectivity index (χ1v) is 8.90. The van der Waals surface area contributed by atoms with Crippen molar-refractivity contribution in [3.8, 4) is 0 Å². The van der Waals surface area contributed by atoms with Gasteiger partial charge in [0, 0.05) is 26.2 Å². The maximum Gasteiger partial charge on any atom is 0.279 e. The number of nitrogens with zero attached hydrogens (tertiary/aromatic N) is 2. The highest BCUT2D eigenvalue weighted by atomic mass is 32.2. The van der Waals surface area contributed by atoms with Crippen LogP contribution >= 0.6 is 0 Å². The van der Waals surface area contributed by atoms with Crippen molar-refractivity contribution in [1.29, 1.82) is 0 Å². The molecule has 0 aliphatic heterocycles. The van der Waals surface area contributed by atoms with Crippen molar-refractivity contribution in [1.82, 2.24) is 13.9 Å². The molecule has 1 aromatic rings. The van der Waals surface area contributed by atoms with Crippen LogP contribution < -0.4 is 4.72 Å². The Balaban J connectivity index is 2.27. The van der Waals surface area contributed by atoms with E-state index in [1.54, 1.807) is 0 Å². The van der Waals surface area contributed by atoms with Gasteiger partial charge in [-0.15, -0.1) is 0 Å². The van der Waals surface area contributed by atoms with E-state index >= 15 is 0 Å². The van der Waals surface area contributed by atoms with Crippen molar-refractivity contribution in [2.45, 2.75) is 26.8 Å². The zero-order chi connectivity index (χ0) is 15.7. The molecule has 120 valence electrons. The molecule has 0 aliphatic carbocycles. The van der Waals surface area contributed by atoms with Gasteiger partial charge in [-0.3, -0.25) is 0 Å². The summed E-state index contributed by atoms with van der Waals surface area (Å²) in [5, 5.41) is 0. The van der Waals surface area contributed by atoms with Crippen LogP contribution in [0.25, 0.3) is 0 Å². The van der Waals surface area contributed by atoms with E-state index in [1.165, 1.54) is 9.87 Å². The van der Waals surface area contributed by atoms with Gasteiger partial charge in [-0.25, -0.2) is 4.72 Å². The van der Waals surface area contributed by atoms with Gasteiger partial charge < -0.3 is 4.90 Å². The molecule has 0 saturated carbocycles. The second-order valence-electron chi connectivity index (χ2n) is 5.06. The maximum atomic E-state index is 11.9. The van der Waals surface area contributed by atoms with Crippen molar-refractivity contribution >= 4 is 10.2 Å². The van der Waals surface area contributed by atoms with E-state index in [9.17, 15) is 8.42 Å². The minimum atomic E-state index is -3.31. The SMILES string of the molecule is CCN(CC)S(=O)(=O)NCCCN(C)Cc1ccccc1. The second-order valence-corrected chi connectivity index (χ2v) is 6.82. The number of hydrogen-bond acceptors (Lipinski definition) is 3. The van der Waals surface area contributed by atoms with Crippen LogP contribution in [0.3, 0.4) is 0 Å². The van der Waals surface area contributed by atoms with Gasteiger partial charge in [0.05, 0.1) is 0 Å². The lowest BCUT2D eigenvalue weighted by Crippen LogP contribution is -2.41. The molecule has 6 heteroatoms. The summed E-state index contributed by atoms with van der Waals surface area (Å²) in [6.07, 6.45) is 0.795. The summed E-state index contributed by atoms with van der Waals surface area (Å²) in [6.45, 7) is 6.89. The second kappa shape index (κ2) is 9.15. The van der Waals surface area contributed by atoms with Gasteiger partial charge in [-0.05, 0) is 25.6 Å². The third-order valence-electron chi connectivity index (χ3n) is 3.34. The molecule has 0 aliphatic rings. The highest BCUT2D eigenvalue weighted by Gasteiger charge is 2.17. The summed E-state index contributed by atoms with van der Waals surface area (Å²) >= 11 is 0. The van der Waals surface area contributed by atoms with E-state index in [1.807, 2.05) is 39.1 Å². The smallest absolute Gasteiger partial charge is 0.279 e. The molecule has 21 heavy (non-hydrogen) atoms. The number of nitrogens with one attached hydrogen (secondary N) is 1. The Kier molecular flexibility index (Phi) is 7.88. The van der Waals surface area contributed by atoms with Crippen LogP contribution in [-0.2, 0) is 16.8 Å². The minimum absolute atomic E-state index is 0.470. The van der Waals surface area contributed by atoms with Crippen LogP contribution in [0.2, 0.25) is 0 Å². The third-order valence-corrected chi connectivity index (χ3v) is 5.11. The standard InChI is InChI=1S/C15H27N3O2S/c1-4-18(5-2)21(19,20)16-12-9-13-17(3)14-15-10-7-6-8-11-15/h6-8,10-11,16H,4-5,9,12-14H2,1-3H3. The predicted molar refractivity (Wildman–Crippen MR) is 87.2 cm³/mol. The van der Waals surface area contributed by atoms with E-state index in [-0.39, 0.29) is 0 Å². The van der Waals surface area contributed by atoms with Crippen LogP contribution in [0, 0.1) is 0 Å². The fraction of sp³-hybridized carbons (Fsp3) is 0.600. The van der Waals surface area contributed by atoms with E-state index in [0.717, 1.165) is 19.5 Å². The Labute approximate surface area is 129 Å². The molecule has 1 N–H and O–H groups in total. The molecule has 0 unspecified atom stereocenters. The molecule has 0 radical (unpaired) electrons. The first kappa shape index (κ1) is 18.1. The van der Waals surface area contributed by atoms with Crippen LogP contribution in [0.4, 0.5) is 0 Å². The Morgan fingerprint density at radius 1 is 1.10 bits per heavy atom. The lowest BCUT2D eigenvalue weighted by atomic mass is 10.2. The monoisotopic (exact) mass is 313 g/mol. The largest absolute Gasteiger partial charge is 0.302 e. The molecule has 0 aromatic heterocycles. The van der Waals surface area contributed by atoms with Crippen molar-refractivity contribution in [2.24, 2.45) is 0 Å². The molecular formula is C15H27N3O2S. The molecule has 1 aromatic carbocycles. The quantitative estimate of drug-likeness (QED) is 0.669. The van der Waals surface area contributed by atoms with Crippen LogP contribution in [0.15, 0.2) is 30.3 Å². The first-order chi connectivity index (χ1) is 9.99. The van der Waals surface area contributed by atoms with E-state index in [4.69, 9.17) is 0 Å². The van der Waals surface area contributed by atoms with Gasteiger partial charge in [-0.1, -0.05) is 44.2 Å². The average Bonchev–Trinajstić information content (AvgIpc) is 2.46. The highest BCUT2D eigenvalue weighted by molar-refractivity contribution is 7.87. The predicted octanol–water partition coefficient (Wildman–Crippen LogP) is 1.68. The van der Waals surface area contributed by atoms with E-state index < -0.39 is 10.2 Å². The van der Waals surface area contributed by atoms with Crippen LogP contribution in [-0.4, -0.2) is 50.8 Å². The highest BCUT2D eigenvalue weighted by Crippen LogP contribution is 2.03. The molecule has 0 saturated heterocycles. The normalized spacial score (nSPS) is 12.2.